The van der Waals surface area contributed by atoms with Gasteiger partial charge in [0.1, 0.15) is 6.07 Å². The van der Waals surface area contributed by atoms with Crippen molar-refractivity contribution < 1.29 is 4.74 Å². The SMILES string of the molecule is CC1CN(c2ccc(C#N)c3ncccc23)CC(CN2CC(n3cc4c(n3)CCN[C@H]4C)C2)O1. The van der Waals surface area contributed by atoms with Crippen molar-refractivity contribution in [2.75, 3.05) is 44.2 Å². The van der Waals surface area contributed by atoms with E-state index in [2.05, 4.69) is 63.0 Å². The molecule has 3 aromatic rings. The number of hydrogen-bond acceptors (Lipinski definition) is 7. The van der Waals surface area contributed by atoms with Gasteiger partial charge in [-0.3, -0.25) is 14.6 Å². The van der Waals surface area contributed by atoms with Crippen LogP contribution in [0, 0.1) is 11.3 Å². The molecule has 3 atom stereocenters. The predicted molar refractivity (Wildman–Crippen MR) is 131 cm³/mol. The minimum atomic E-state index is 0.141. The lowest BCUT2D eigenvalue weighted by Crippen LogP contribution is -2.56. The zero-order chi connectivity index (χ0) is 23.2. The Labute approximate surface area is 200 Å². The average Bonchev–Trinajstić information content (AvgIpc) is 3.25. The molecule has 2 saturated heterocycles. The van der Waals surface area contributed by atoms with Crippen LogP contribution in [0.1, 0.15) is 42.8 Å². The van der Waals surface area contributed by atoms with Gasteiger partial charge in [-0.1, -0.05) is 0 Å². The molecule has 0 saturated carbocycles. The highest BCUT2D eigenvalue weighted by molar-refractivity contribution is 5.95. The fourth-order valence-corrected chi connectivity index (χ4v) is 5.72. The van der Waals surface area contributed by atoms with Crippen LogP contribution in [-0.4, -0.2) is 71.1 Å². The van der Waals surface area contributed by atoms with Crippen LogP contribution in [0.2, 0.25) is 0 Å². The highest BCUT2D eigenvalue weighted by atomic mass is 16.5. The maximum Gasteiger partial charge on any atom is 0.101 e. The quantitative estimate of drug-likeness (QED) is 0.645. The number of pyridine rings is 1. The summed E-state index contributed by atoms with van der Waals surface area (Å²) in [7, 11) is 0. The topological polar surface area (TPSA) is 82.2 Å². The highest BCUT2D eigenvalue weighted by Crippen LogP contribution is 2.31. The van der Waals surface area contributed by atoms with Gasteiger partial charge in [-0.15, -0.1) is 0 Å². The van der Waals surface area contributed by atoms with E-state index in [4.69, 9.17) is 9.84 Å². The number of benzene rings is 1. The summed E-state index contributed by atoms with van der Waals surface area (Å²) in [5.74, 6) is 0. The van der Waals surface area contributed by atoms with Gasteiger partial charge in [-0.25, -0.2) is 0 Å². The predicted octanol–water partition coefficient (Wildman–Crippen LogP) is 2.66. The van der Waals surface area contributed by atoms with Gasteiger partial charge in [-0.2, -0.15) is 10.4 Å². The third-order valence-corrected chi connectivity index (χ3v) is 7.43. The van der Waals surface area contributed by atoms with Crippen molar-refractivity contribution in [3.8, 4) is 6.07 Å². The summed E-state index contributed by atoms with van der Waals surface area (Å²) in [6, 6.07) is 11.1. The molecule has 0 amide bonds. The van der Waals surface area contributed by atoms with Crippen LogP contribution < -0.4 is 10.2 Å². The van der Waals surface area contributed by atoms with Crippen molar-refractivity contribution in [1.29, 1.82) is 5.26 Å². The monoisotopic (exact) mass is 457 g/mol. The van der Waals surface area contributed by atoms with E-state index in [1.807, 2.05) is 12.1 Å². The molecule has 6 rings (SSSR count). The van der Waals surface area contributed by atoms with Gasteiger partial charge in [-0.05, 0) is 38.1 Å². The lowest BCUT2D eigenvalue weighted by Gasteiger charge is -2.44. The Hall–Kier alpha value is -2.99. The largest absolute Gasteiger partial charge is 0.370 e. The summed E-state index contributed by atoms with van der Waals surface area (Å²) in [6.45, 7) is 9.99. The molecule has 0 spiro atoms. The molecule has 8 heteroatoms. The number of likely N-dealkylation sites (tertiary alicyclic amines) is 1. The average molecular weight is 458 g/mol. The van der Waals surface area contributed by atoms with E-state index in [9.17, 15) is 5.26 Å². The Bertz CT molecular complexity index is 1240. The zero-order valence-corrected chi connectivity index (χ0v) is 19.8. The Morgan fingerprint density at radius 2 is 2.06 bits per heavy atom. The number of ether oxygens (including phenoxy) is 1. The molecular formula is C26H31N7O. The first-order chi connectivity index (χ1) is 16.6. The van der Waals surface area contributed by atoms with Gasteiger partial charge in [0.15, 0.2) is 0 Å². The van der Waals surface area contributed by atoms with E-state index < -0.39 is 0 Å². The maximum absolute atomic E-state index is 9.48. The number of nitrogens with zero attached hydrogens (tertiary/aromatic N) is 6. The number of morpholine rings is 1. The second-order valence-corrected chi connectivity index (χ2v) is 9.93. The van der Waals surface area contributed by atoms with Gasteiger partial charge in [0.25, 0.3) is 0 Å². The third kappa shape index (κ3) is 3.84. The maximum atomic E-state index is 9.48. The molecule has 0 radical (unpaired) electrons. The minimum Gasteiger partial charge on any atom is -0.370 e. The van der Waals surface area contributed by atoms with Crippen LogP contribution in [0.3, 0.4) is 0 Å². The lowest BCUT2D eigenvalue weighted by molar-refractivity contribution is -0.0489. The molecule has 2 fully saturated rings. The number of nitrogens with one attached hydrogen (secondary N) is 1. The second-order valence-electron chi connectivity index (χ2n) is 9.93. The van der Waals surface area contributed by atoms with Crippen LogP contribution in [0.25, 0.3) is 10.9 Å². The van der Waals surface area contributed by atoms with Crippen molar-refractivity contribution >= 4 is 16.6 Å². The van der Waals surface area contributed by atoms with E-state index in [0.29, 0.717) is 17.6 Å². The molecule has 3 aliphatic rings. The zero-order valence-electron chi connectivity index (χ0n) is 19.8. The van der Waals surface area contributed by atoms with E-state index >= 15 is 0 Å². The molecule has 5 heterocycles. The molecule has 1 N–H and O–H groups in total. The van der Waals surface area contributed by atoms with Gasteiger partial charge in [0.05, 0.1) is 35.0 Å². The van der Waals surface area contributed by atoms with Crippen molar-refractivity contribution in [3.63, 3.8) is 0 Å². The van der Waals surface area contributed by atoms with Crippen molar-refractivity contribution in [3.05, 3.63) is 53.5 Å². The summed E-state index contributed by atoms with van der Waals surface area (Å²) in [6.07, 6.45) is 5.31. The van der Waals surface area contributed by atoms with Gasteiger partial charge in [0, 0.05) is 80.8 Å². The van der Waals surface area contributed by atoms with Crippen LogP contribution in [0.15, 0.2) is 36.7 Å². The van der Waals surface area contributed by atoms with E-state index in [0.717, 1.165) is 62.3 Å². The van der Waals surface area contributed by atoms with Gasteiger partial charge in [0.2, 0.25) is 0 Å². The Morgan fingerprint density at radius 3 is 2.88 bits per heavy atom. The van der Waals surface area contributed by atoms with Crippen molar-refractivity contribution in [2.24, 2.45) is 0 Å². The molecule has 2 unspecified atom stereocenters. The summed E-state index contributed by atoms with van der Waals surface area (Å²) >= 11 is 0. The van der Waals surface area contributed by atoms with Crippen molar-refractivity contribution in [1.82, 2.24) is 25.0 Å². The smallest absolute Gasteiger partial charge is 0.101 e. The standard InChI is InChI=1S/C26H31N7O/c1-17-11-32(25-6-5-19(10-27)26-22(25)4-3-8-29-26)15-21(34-17)14-31-12-20(13-31)33-16-23-18(2)28-9-7-24(23)30-33/h3-6,8,16-18,20-21,28H,7,9,11-15H2,1-2H3/t17?,18-,21?/m0/s1. The summed E-state index contributed by atoms with van der Waals surface area (Å²) in [5, 5.41) is 18.9. The minimum absolute atomic E-state index is 0.141. The van der Waals surface area contributed by atoms with Gasteiger partial charge >= 0.3 is 0 Å². The highest BCUT2D eigenvalue weighted by Gasteiger charge is 2.35. The number of nitriles is 1. The number of anilines is 1. The third-order valence-electron chi connectivity index (χ3n) is 7.43. The molecule has 8 nitrogen and oxygen atoms in total. The molecule has 176 valence electrons. The van der Waals surface area contributed by atoms with E-state index in [1.54, 1.807) is 6.20 Å². The normalized spacial score (nSPS) is 25.7. The molecule has 2 aromatic heterocycles. The van der Waals surface area contributed by atoms with Gasteiger partial charge < -0.3 is 15.0 Å². The number of aromatic nitrogens is 3. The Balaban J connectivity index is 1.13. The molecule has 0 aliphatic carbocycles. The van der Waals surface area contributed by atoms with Crippen LogP contribution >= 0.6 is 0 Å². The lowest BCUT2D eigenvalue weighted by atomic mass is 10.0. The second kappa shape index (κ2) is 8.66. The van der Waals surface area contributed by atoms with Crippen LogP contribution in [-0.2, 0) is 11.2 Å². The summed E-state index contributed by atoms with van der Waals surface area (Å²) in [4.78, 5) is 9.36. The first-order valence-corrected chi connectivity index (χ1v) is 12.3. The molecule has 3 aliphatic heterocycles. The van der Waals surface area contributed by atoms with E-state index in [-0.39, 0.29) is 12.2 Å². The first kappa shape index (κ1) is 21.5. The van der Waals surface area contributed by atoms with Crippen LogP contribution in [0.5, 0.6) is 0 Å². The van der Waals surface area contributed by atoms with Crippen molar-refractivity contribution in [2.45, 2.75) is 44.6 Å². The molecule has 0 bridgehead atoms. The first-order valence-electron chi connectivity index (χ1n) is 12.3. The Morgan fingerprint density at radius 1 is 1.18 bits per heavy atom. The number of rotatable bonds is 4. The molecular weight excluding hydrogens is 426 g/mol. The number of fused-ring (bicyclic) bond motifs is 2. The Kier molecular flexibility index (Phi) is 5.48. The van der Waals surface area contributed by atoms with Crippen LogP contribution in [0.4, 0.5) is 5.69 Å². The molecule has 1 aromatic carbocycles. The fraction of sp³-hybridized carbons (Fsp3) is 0.500. The summed E-state index contributed by atoms with van der Waals surface area (Å²) in [5.41, 5.74) is 5.14. The number of hydrogen-bond donors (Lipinski definition) is 1. The summed E-state index contributed by atoms with van der Waals surface area (Å²) < 4.78 is 8.53. The molecule has 34 heavy (non-hydrogen) atoms. The fourth-order valence-electron chi connectivity index (χ4n) is 5.72. The van der Waals surface area contributed by atoms with E-state index in [1.165, 1.54) is 11.3 Å².